The van der Waals surface area contributed by atoms with Crippen LogP contribution in [0.3, 0.4) is 0 Å². The molecule has 1 saturated carbocycles. The van der Waals surface area contributed by atoms with Crippen LogP contribution in [0.15, 0.2) is 22.7 Å². The summed E-state index contributed by atoms with van der Waals surface area (Å²) in [5.74, 6) is -0.0482. The fourth-order valence-electron chi connectivity index (χ4n) is 3.13. The Hall–Kier alpha value is -1.88. The first kappa shape index (κ1) is 16.0. The minimum atomic E-state index is -0.533. The molecule has 1 aliphatic rings. The quantitative estimate of drug-likeness (QED) is 0.906. The molecule has 1 fully saturated rings. The Labute approximate surface area is 139 Å². The molecule has 0 aliphatic heterocycles. The number of carbonyl (C=O) groups is 1. The zero-order valence-corrected chi connectivity index (χ0v) is 13.8. The molecule has 4 nitrogen and oxygen atoms in total. The summed E-state index contributed by atoms with van der Waals surface area (Å²) in [6.45, 7) is 3.76. The molecule has 122 valence electrons. The second kappa shape index (κ2) is 6.32. The maximum Gasteiger partial charge on any atom is 0.257 e. The number of halogens is 2. The lowest BCUT2D eigenvalue weighted by molar-refractivity contribution is 0.0928. The topological polar surface area (TPSA) is 55.1 Å². The van der Waals surface area contributed by atoms with Gasteiger partial charge in [0.15, 0.2) is 0 Å². The highest BCUT2D eigenvalue weighted by Crippen LogP contribution is 2.34. The maximum absolute atomic E-state index is 14.2. The number of aromatic nitrogens is 1. The van der Waals surface area contributed by atoms with Gasteiger partial charge in [0.2, 0.25) is 0 Å². The van der Waals surface area contributed by atoms with Gasteiger partial charge in [0.1, 0.15) is 22.8 Å². The molecule has 0 radical (unpaired) electrons. The summed E-state index contributed by atoms with van der Waals surface area (Å²) in [7, 11) is 0. The molecule has 0 spiro atoms. The molecule has 2 atom stereocenters. The first-order chi connectivity index (χ1) is 11.0. The van der Waals surface area contributed by atoms with Gasteiger partial charge in [-0.1, -0.05) is 36.2 Å². The molecule has 1 aliphatic carbocycles. The third-order valence-corrected chi connectivity index (χ3v) is 4.78. The first-order valence-electron chi connectivity index (χ1n) is 7.70. The van der Waals surface area contributed by atoms with Crippen LogP contribution >= 0.6 is 11.6 Å². The van der Waals surface area contributed by atoms with Crippen LogP contribution < -0.4 is 5.32 Å². The molecule has 1 heterocycles. The van der Waals surface area contributed by atoms with Crippen LogP contribution in [0.1, 0.15) is 42.3 Å². The lowest BCUT2D eigenvalue weighted by Crippen LogP contribution is -2.36. The number of amides is 1. The van der Waals surface area contributed by atoms with E-state index >= 15 is 0 Å². The summed E-state index contributed by atoms with van der Waals surface area (Å²) in [6.07, 6.45) is 3.15. The number of hydrogen-bond acceptors (Lipinski definition) is 3. The highest BCUT2D eigenvalue weighted by Gasteiger charge is 2.30. The van der Waals surface area contributed by atoms with E-state index in [-0.39, 0.29) is 33.8 Å². The van der Waals surface area contributed by atoms with Crippen molar-refractivity contribution in [2.45, 2.75) is 39.2 Å². The third-order valence-electron chi connectivity index (χ3n) is 4.47. The predicted octanol–water partition coefficient (Wildman–Crippen LogP) is 4.36. The first-order valence-corrected chi connectivity index (χ1v) is 8.08. The van der Waals surface area contributed by atoms with Crippen LogP contribution in [-0.4, -0.2) is 17.1 Å². The second-order valence-electron chi connectivity index (χ2n) is 6.05. The molecule has 0 bridgehead atoms. The molecular weight excluding hydrogens is 319 g/mol. The highest BCUT2D eigenvalue weighted by molar-refractivity contribution is 6.33. The average Bonchev–Trinajstić information content (AvgIpc) is 3.06. The fraction of sp³-hybridized carbons (Fsp3) is 0.412. The second-order valence-corrected chi connectivity index (χ2v) is 6.45. The fourth-order valence-corrected chi connectivity index (χ4v) is 3.39. The van der Waals surface area contributed by atoms with Crippen molar-refractivity contribution in [1.82, 2.24) is 10.5 Å². The van der Waals surface area contributed by atoms with Crippen molar-refractivity contribution in [3.05, 3.63) is 40.4 Å². The monoisotopic (exact) mass is 336 g/mol. The largest absolute Gasteiger partial charge is 0.360 e. The van der Waals surface area contributed by atoms with Crippen molar-refractivity contribution in [1.29, 1.82) is 0 Å². The normalized spacial score (nSPS) is 20.7. The van der Waals surface area contributed by atoms with E-state index in [0.717, 1.165) is 19.3 Å². The molecule has 1 aromatic heterocycles. The van der Waals surface area contributed by atoms with Gasteiger partial charge >= 0.3 is 0 Å². The average molecular weight is 337 g/mol. The number of rotatable bonds is 3. The molecule has 1 aromatic carbocycles. The van der Waals surface area contributed by atoms with Crippen molar-refractivity contribution in [3.63, 3.8) is 0 Å². The standard InChI is InChI=1S/C17H18ClFN2O2/c1-9-5-3-8-13(9)20-17(22)14-10(2)23-21-16(14)15-11(18)6-4-7-12(15)19/h4,6-7,9,13H,3,5,8H2,1-2H3,(H,20,22). The minimum absolute atomic E-state index is 0.0932. The van der Waals surface area contributed by atoms with E-state index in [1.165, 1.54) is 12.1 Å². The van der Waals surface area contributed by atoms with E-state index in [2.05, 4.69) is 17.4 Å². The van der Waals surface area contributed by atoms with Gasteiger partial charge in [-0.25, -0.2) is 4.39 Å². The van der Waals surface area contributed by atoms with Gasteiger partial charge in [-0.15, -0.1) is 0 Å². The number of benzene rings is 1. The molecule has 6 heteroatoms. The Morgan fingerprint density at radius 2 is 2.22 bits per heavy atom. The highest BCUT2D eigenvalue weighted by atomic mass is 35.5. The summed E-state index contributed by atoms with van der Waals surface area (Å²) in [5.41, 5.74) is 0.487. The summed E-state index contributed by atoms with van der Waals surface area (Å²) in [4.78, 5) is 12.7. The molecule has 23 heavy (non-hydrogen) atoms. The summed E-state index contributed by atoms with van der Waals surface area (Å²) >= 11 is 6.09. The third kappa shape index (κ3) is 2.98. The van der Waals surface area contributed by atoms with Gasteiger partial charge in [-0.3, -0.25) is 4.79 Å². The van der Waals surface area contributed by atoms with Crippen LogP contribution in [0.2, 0.25) is 5.02 Å². The van der Waals surface area contributed by atoms with Gasteiger partial charge in [0.25, 0.3) is 5.91 Å². The van der Waals surface area contributed by atoms with Crippen LogP contribution in [0.5, 0.6) is 0 Å². The smallest absolute Gasteiger partial charge is 0.257 e. The van der Waals surface area contributed by atoms with Crippen LogP contribution in [0.4, 0.5) is 4.39 Å². The van der Waals surface area contributed by atoms with Gasteiger partial charge in [-0.2, -0.15) is 0 Å². The van der Waals surface area contributed by atoms with Crippen molar-refractivity contribution >= 4 is 17.5 Å². The zero-order chi connectivity index (χ0) is 16.6. The van der Waals surface area contributed by atoms with Gasteiger partial charge < -0.3 is 9.84 Å². The Bertz CT molecular complexity index is 724. The summed E-state index contributed by atoms with van der Waals surface area (Å²) in [6, 6.07) is 4.48. The molecule has 2 unspecified atom stereocenters. The van der Waals surface area contributed by atoms with E-state index in [1.54, 1.807) is 13.0 Å². The maximum atomic E-state index is 14.2. The Morgan fingerprint density at radius 3 is 2.87 bits per heavy atom. The van der Waals surface area contributed by atoms with Crippen LogP contribution in [-0.2, 0) is 0 Å². The van der Waals surface area contributed by atoms with Crippen LogP contribution in [0.25, 0.3) is 11.3 Å². The van der Waals surface area contributed by atoms with Gasteiger partial charge in [0.05, 0.1) is 10.6 Å². The number of hydrogen-bond donors (Lipinski definition) is 1. The number of nitrogens with one attached hydrogen (secondary N) is 1. The Morgan fingerprint density at radius 1 is 1.43 bits per heavy atom. The van der Waals surface area contributed by atoms with Crippen LogP contribution in [0, 0.1) is 18.7 Å². The van der Waals surface area contributed by atoms with Crippen molar-refractivity contribution in [2.75, 3.05) is 0 Å². The Kier molecular flexibility index (Phi) is 4.39. The summed E-state index contributed by atoms with van der Waals surface area (Å²) < 4.78 is 19.3. The molecule has 3 rings (SSSR count). The van der Waals surface area contributed by atoms with E-state index in [1.807, 2.05) is 0 Å². The predicted molar refractivity (Wildman–Crippen MR) is 85.9 cm³/mol. The lowest BCUT2D eigenvalue weighted by atomic mass is 10.0. The molecule has 2 aromatic rings. The number of aryl methyl sites for hydroxylation is 1. The van der Waals surface area contributed by atoms with E-state index < -0.39 is 5.82 Å². The molecule has 1 N–H and O–H groups in total. The molecule has 1 amide bonds. The number of nitrogens with zero attached hydrogens (tertiary/aromatic N) is 1. The van der Waals surface area contributed by atoms with Crippen molar-refractivity contribution in [3.8, 4) is 11.3 Å². The lowest BCUT2D eigenvalue weighted by Gasteiger charge is -2.17. The van der Waals surface area contributed by atoms with E-state index in [4.69, 9.17) is 16.1 Å². The van der Waals surface area contributed by atoms with Crippen molar-refractivity contribution in [2.24, 2.45) is 5.92 Å². The van der Waals surface area contributed by atoms with Gasteiger partial charge in [0, 0.05) is 6.04 Å². The number of carbonyl (C=O) groups excluding carboxylic acids is 1. The van der Waals surface area contributed by atoms with Crippen molar-refractivity contribution < 1.29 is 13.7 Å². The zero-order valence-electron chi connectivity index (χ0n) is 13.0. The molecular formula is C17H18ClFN2O2. The minimum Gasteiger partial charge on any atom is -0.360 e. The van der Waals surface area contributed by atoms with E-state index in [0.29, 0.717) is 11.7 Å². The molecule has 0 saturated heterocycles. The SMILES string of the molecule is Cc1onc(-c2c(F)cccc2Cl)c1C(=O)NC1CCCC1C. The van der Waals surface area contributed by atoms with E-state index in [9.17, 15) is 9.18 Å². The summed E-state index contributed by atoms with van der Waals surface area (Å²) in [5, 5.41) is 7.07. The Balaban J connectivity index is 1.97. The van der Waals surface area contributed by atoms with Gasteiger partial charge in [-0.05, 0) is 37.8 Å².